The molecule has 1 aromatic heterocycles. The van der Waals surface area contributed by atoms with Gasteiger partial charge in [0.1, 0.15) is 0 Å². The molecule has 2 N–H and O–H groups in total. The van der Waals surface area contributed by atoms with Crippen molar-refractivity contribution in [3.8, 4) is 0 Å². The van der Waals surface area contributed by atoms with Crippen LogP contribution in [0.15, 0.2) is 4.47 Å². The fourth-order valence-electron chi connectivity index (χ4n) is 1.80. The molecule has 1 heterocycles. The van der Waals surface area contributed by atoms with Gasteiger partial charge < -0.3 is 10.4 Å². The molecule has 0 aromatic carbocycles. The molecule has 0 fully saturated rings. The van der Waals surface area contributed by atoms with Crippen LogP contribution < -0.4 is 5.32 Å². The summed E-state index contributed by atoms with van der Waals surface area (Å²) >= 11 is 3.57. The lowest BCUT2D eigenvalue weighted by Gasteiger charge is -2.10. The molecule has 0 saturated heterocycles. The Bertz CT molecular complexity index is 352. The van der Waals surface area contributed by atoms with E-state index in [1.807, 2.05) is 11.7 Å². The molecule has 1 unspecified atom stereocenters. The first-order chi connectivity index (χ1) is 8.10. The third-order valence-corrected chi connectivity index (χ3v) is 3.71. The monoisotopic (exact) mass is 303 g/mol. The Labute approximate surface area is 112 Å². The summed E-state index contributed by atoms with van der Waals surface area (Å²) in [5, 5.41) is 17.3. The van der Waals surface area contributed by atoms with Crippen molar-refractivity contribution >= 4 is 15.9 Å². The Balaban J connectivity index is 2.49. The van der Waals surface area contributed by atoms with Gasteiger partial charge in [-0.05, 0) is 28.8 Å². The van der Waals surface area contributed by atoms with Crippen molar-refractivity contribution in [3.05, 3.63) is 15.9 Å². The van der Waals surface area contributed by atoms with Crippen LogP contribution in [-0.4, -0.2) is 27.5 Å². The highest BCUT2D eigenvalue weighted by Gasteiger charge is 2.12. The molecule has 4 nitrogen and oxygen atoms in total. The van der Waals surface area contributed by atoms with Gasteiger partial charge in [-0.3, -0.25) is 4.68 Å². The van der Waals surface area contributed by atoms with Crippen molar-refractivity contribution < 1.29 is 5.11 Å². The minimum absolute atomic E-state index is 0.252. The largest absolute Gasteiger partial charge is 0.392 e. The third-order valence-electron chi connectivity index (χ3n) is 2.80. The van der Waals surface area contributed by atoms with Crippen LogP contribution >= 0.6 is 15.9 Å². The van der Waals surface area contributed by atoms with Gasteiger partial charge in [-0.15, -0.1) is 0 Å². The summed E-state index contributed by atoms with van der Waals surface area (Å²) < 4.78 is 2.97. The SMILES string of the molecule is CCCC(O)CNCc1c(Br)c(CC)nn1C. The maximum atomic E-state index is 9.62. The van der Waals surface area contributed by atoms with E-state index in [4.69, 9.17) is 0 Å². The Kier molecular flexibility index (Phi) is 6.16. The Morgan fingerprint density at radius 2 is 2.18 bits per heavy atom. The lowest BCUT2D eigenvalue weighted by Crippen LogP contribution is -2.27. The van der Waals surface area contributed by atoms with E-state index in [0.717, 1.165) is 41.7 Å². The molecule has 0 aliphatic carbocycles. The summed E-state index contributed by atoms with van der Waals surface area (Å²) in [6.45, 7) is 5.53. The summed E-state index contributed by atoms with van der Waals surface area (Å²) in [5.41, 5.74) is 2.21. The second-order valence-electron chi connectivity index (χ2n) is 4.26. The summed E-state index contributed by atoms with van der Waals surface area (Å²) in [7, 11) is 1.95. The molecule has 1 atom stereocenters. The quantitative estimate of drug-likeness (QED) is 0.810. The van der Waals surface area contributed by atoms with Crippen molar-refractivity contribution in [2.24, 2.45) is 7.05 Å². The molecule has 0 saturated carbocycles. The van der Waals surface area contributed by atoms with Crippen LogP contribution in [-0.2, 0) is 20.0 Å². The molecule has 0 bridgehead atoms. The first-order valence-electron chi connectivity index (χ1n) is 6.19. The van der Waals surface area contributed by atoms with Crippen molar-refractivity contribution in [1.29, 1.82) is 0 Å². The van der Waals surface area contributed by atoms with Gasteiger partial charge in [0.2, 0.25) is 0 Å². The number of aromatic nitrogens is 2. The maximum Gasteiger partial charge on any atom is 0.0767 e. The van der Waals surface area contributed by atoms with Crippen molar-refractivity contribution in [2.45, 2.75) is 45.8 Å². The molecule has 1 rings (SSSR count). The van der Waals surface area contributed by atoms with Crippen LogP contribution in [0.4, 0.5) is 0 Å². The second kappa shape index (κ2) is 7.13. The predicted molar refractivity (Wildman–Crippen MR) is 72.9 cm³/mol. The Morgan fingerprint density at radius 1 is 1.47 bits per heavy atom. The molecule has 17 heavy (non-hydrogen) atoms. The number of halogens is 1. The minimum atomic E-state index is -0.252. The van der Waals surface area contributed by atoms with Crippen LogP contribution in [0.25, 0.3) is 0 Å². The number of nitrogens with one attached hydrogen (secondary N) is 1. The van der Waals surface area contributed by atoms with E-state index in [2.05, 4.69) is 40.2 Å². The fraction of sp³-hybridized carbons (Fsp3) is 0.750. The smallest absolute Gasteiger partial charge is 0.0767 e. The number of nitrogens with zero attached hydrogens (tertiary/aromatic N) is 2. The Hall–Kier alpha value is -0.390. The standard InChI is InChI=1S/C12H22BrN3O/c1-4-6-9(17)7-14-8-11-12(13)10(5-2)15-16(11)3/h9,14,17H,4-8H2,1-3H3. The zero-order chi connectivity index (χ0) is 12.8. The zero-order valence-electron chi connectivity index (χ0n) is 10.8. The molecule has 98 valence electrons. The van der Waals surface area contributed by atoms with E-state index in [1.165, 1.54) is 0 Å². The van der Waals surface area contributed by atoms with E-state index < -0.39 is 0 Å². The van der Waals surface area contributed by atoms with Gasteiger partial charge in [0.05, 0.1) is 22.0 Å². The van der Waals surface area contributed by atoms with Crippen molar-refractivity contribution in [3.63, 3.8) is 0 Å². The lowest BCUT2D eigenvalue weighted by atomic mass is 10.2. The summed E-state index contributed by atoms with van der Waals surface area (Å²) in [6.07, 6.45) is 2.53. The van der Waals surface area contributed by atoms with Crippen LogP contribution in [0.5, 0.6) is 0 Å². The third kappa shape index (κ3) is 4.08. The first-order valence-corrected chi connectivity index (χ1v) is 6.98. The molecule has 0 aliphatic heterocycles. The van der Waals surface area contributed by atoms with E-state index >= 15 is 0 Å². The fourth-order valence-corrected chi connectivity index (χ4v) is 2.56. The van der Waals surface area contributed by atoms with E-state index in [0.29, 0.717) is 6.54 Å². The number of hydrogen-bond acceptors (Lipinski definition) is 3. The van der Waals surface area contributed by atoms with Gasteiger partial charge in [0, 0.05) is 20.1 Å². The van der Waals surface area contributed by atoms with E-state index in [-0.39, 0.29) is 6.10 Å². The van der Waals surface area contributed by atoms with Gasteiger partial charge in [-0.25, -0.2) is 0 Å². The lowest BCUT2D eigenvalue weighted by molar-refractivity contribution is 0.160. The first kappa shape index (κ1) is 14.7. The van der Waals surface area contributed by atoms with Crippen LogP contribution in [0.1, 0.15) is 38.1 Å². The Morgan fingerprint density at radius 3 is 2.71 bits per heavy atom. The molecule has 0 aliphatic rings. The molecule has 5 heteroatoms. The molecule has 1 aromatic rings. The van der Waals surface area contributed by atoms with Crippen LogP contribution in [0, 0.1) is 0 Å². The summed E-state index contributed by atoms with van der Waals surface area (Å²) in [4.78, 5) is 0. The zero-order valence-corrected chi connectivity index (χ0v) is 12.4. The van der Waals surface area contributed by atoms with Crippen molar-refractivity contribution in [2.75, 3.05) is 6.54 Å². The summed E-state index contributed by atoms with van der Waals surface area (Å²) in [5.74, 6) is 0. The highest BCUT2D eigenvalue weighted by Crippen LogP contribution is 2.21. The highest BCUT2D eigenvalue weighted by atomic mass is 79.9. The van der Waals surface area contributed by atoms with Gasteiger partial charge in [0.25, 0.3) is 0 Å². The minimum Gasteiger partial charge on any atom is -0.392 e. The molecular weight excluding hydrogens is 282 g/mol. The van der Waals surface area contributed by atoms with E-state index in [9.17, 15) is 5.11 Å². The number of aliphatic hydroxyl groups excluding tert-OH is 1. The maximum absolute atomic E-state index is 9.62. The average Bonchev–Trinajstić information content (AvgIpc) is 2.56. The van der Waals surface area contributed by atoms with Crippen LogP contribution in [0.2, 0.25) is 0 Å². The predicted octanol–water partition coefficient (Wildman–Crippen LogP) is 2.00. The topological polar surface area (TPSA) is 50.1 Å². The number of hydrogen-bond donors (Lipinski definition) is 2. The number of aryl methyl sites for hydroxylation is 2. The van der Waals surface area contributed by atoms with Gasteiger partial charge in [-0.2, -0.15) is 5.10 Å². The van der Waals surface area contributed by atoms with Gasteiger partial charge >= 0.3 is 0 Å². The van der Waals surface area contributed by atoms with Crippen LogP contribution in [0.3, 0.4) is 0 Å². The summed E-state index contributed by atoms with van der Waals surface area (Å²) in [6, 6.07) is 0. The number of rotatable bonds is 7. The number of aliphatic hydroxyl groups is 1. The molecule has 0 amide bonds. The van der Waals surface area contributed by atoms with E-state index in [1.54, 1.807) is 0 Å². The second-order valence-corrected chi connectivity index (χ2v) is 5.05. The van der Waals surface area contributed by atoms with Gasteiger partial charge in [-0.1, -0.05) is 20.3 Å². The highest BCUT2D eigenvalue weighted by molar-refractivity contribution is 9.10. The van der Waals surface area contributed by atoms with Crippen molar-refractivity contribution in [1.82, 2.24) is 15.1 Å². The normalized spacial score (nSPS) is 13.0. The average molecular weight is 304 g/mol. The molecular formula is C12H22BrN3O. The molecule has 0 spiro atoms. The van der Waals surface area contributed by atoms with Gasteiger partial charge in [0.15, 0.2) is 0 Å². The molecule has 0 radical (unpaired) electrons.